The molecule has 0 radical (unpaired) electrons. The Kier molecular flexibility index (Phi) is 5.19. The number of nitrogens with one attached hydrogen (secondary N) is 1. The zero-order valence-corrected chi connectivity index (χ0v) is 14.4. The van der Waals surface area contributed by atoms with Gasteiger partial charge in [0.25, 0.3) is 0 Å². The second-order valence-electron chi connectivity index (χ2n) is 6.33. The van der Waals surface area contributed by atoms with Crippen molar-refractivity contribution in [1.29, 1.82) is 0 Å². The first kappa shape index (κ1) is 15.3. The van der Waals surface area contributed by atoms with Gasteiger partial charge in [-0.1, -0.05) is 15.9 Å². The topological polar surface area (TPSA) is 24.5 Å². The van der Waals surface area contributed by atoms with Crippen LogP contribution in [0.15, 0.2) is 22.7 Å². The number of nitrogens with zero attached hydrogens (tertiary/aromatic N) is 1. The number of piperidine rings is 1. The molecule has 1 saturated heterocycles. The molecule has 0 bridgehead atoms. The standard InChI is InChI=1S/C17H25BrN2O/c1-19-7-4-13-5-8-20(9-6-13)12-16-11-14-10-15(18)2-3-17(14)21-16/h2-3,10,13,16,19H,4-9,11-12H2,1H3. The summed E-state index contributed by atoms with van der Waals surface area (Å²) in [5, 5.41) is 3.26. The molecule has 0 saturated carbocycles. The number of rotatable bonds is 5. The molecule has 1 atom stereocenters. The minimum atomic E-state index is 0.336. The zero-order valence-electron chi connectivity index (χ0n) is 12.8. The Bertz CT molecular complexity index is 472. The van der Waals surface area contributed by atoms with Gasteiger partial charge in [0.1, 0.15) is 11.9 Å². The summed E-state index contributed by atoms with van der Waals surface area (Å²) in [5.74, 6) is 1.98. The SMILES string of the molecule is CNCCC1CCN(CC2Cc3cc(Br)ccc3O2)CC1. The first-order chi connectivity index (χ1) is 10.2. The molecule has 3 nitrogen and oxygen atoms in total. The van der Waals surface area contributed by atoms with Crippen molar-refractivity contribution in [2.24, 2.45) is 5.92 Å². The van der Waals surface area contributed by atoms with Gasteiger partial charge >= 0.3 is 0 Å². The summed E-state index contributed by atoms with van der Waals surface area (Å²) >= 11 is 3.54. The second kappa shape index (κ2) is 7.12. The highest BCUT2D eigenvalue weighted by molar-refractivity contribution is 9.10. The fraction of sp³-hybridized carbons (Fsp3) is 0.647. The third-order valence-electron chi connectivity index (χ3n) is 4.74. The lowest BCUT2D eigenvalue weighted by atomic mass is 9.93. The van der Waals surface area contributed by atoms with E-state index in [-0.39, 0.29) is 0 Å². The summed E-state index contributed by atoms with van der Waals surface area (Å²) in [7, 11) is 2.04. The van der Waals surface area contributed by atoms with Gasteiger partial charge in [-0.2, -0.15) is 0 Å². The predicted octanol–water partition coefficient (Wildman–Crippen LogP) is 3.07. The van der Waals surface area contributed by atoms with Gasteiger partial charge in [0.15, 0.2) is 0 Å². The Morgan fingerprint density at radius 1 is 1.33 bits per heavy atom. The maximum Gasteiger partial charge on any atom is 0.123 e. The minimum Gasteiger partial charge on any atom is -0.488 e. The van der Waals surface area contributed by atoms with Gasteiger partial charge in [-0.05, 0) is 75.6 Å². The van der Waals surface area contributed by atoms with E-state index in [4.69, 9.17) is 4.74 Å². The number of halogens is 1. The molecule has 0 amide bonds. The van der Waals surface area contributed by atoms with Crippen LogP contribution in [-0.2, 0) is 6.42 Å². The molecule has 0 aliphatic carbocycles. The minimum absolute atomic E-state index is 0.336. The van der Waals surface area contributed by atoms with E-state index in [1.54, 1.807) is 0 Å². The molecule has 21 heavy (non-hydrogen) atoms. The summed E-state index contributed by atoms with van der Waals surface area (Å²) < 4.78 is 7.23. The van der Waals surface area contributed by atoms with Gasteiger partial charge in [0.05, 0.1) is 0 Å². The van der Waals surface area contributed by atoms with Gasteiger partial charge in [-0.25, -0.2) is 0 Å². The van der Waals surface area contributed by atoms with Crippen LogP contribution in [0.5, 0.6) is 5.75 Å². The van der Waals surface area contributed by atoms with Crippen LogP contribution in [0, 0.1) is 5.92 Å². The third-order valence-corrected chi connectivity index (χ3v) is 5.23. The van der Waals surface area contributed by atoms with Crippen molar-refractivity contribution in [3.63, 3.8) is 0 Å². The van der Waals surface area contributed by atoms with Crippen molar-refractivity contribution in [2.45, 2.75) is 31.8 Å². The van der Waals surface area contributed by atoms with E-state index in [2.05, 4.69) is 44.3 Å². The lowest BCUT2D eigenvalue weighted by molar-refractivity contribution is 0.115. The molecule has 2 aliphatic heterocycles. The number of hydrogen-bond acceptors (Lipinski definition) is 3. The highest BCUT2D eigenvalue weighted by Gasteiger charge is 2.27. The van der Waals surface area contributed by atoms with E-state index >= 15 is 0 Å². The predicted molar refractivity (Wildman–Crippen MR) is 90.0 cm³/mol. The van der Waals surface area contributed by atoms with E-state index in [0.717, 1.165) is 35.7 Å². The molecule has 1 N–H and O–H groups in total. The maximum absolute atomic E-state index is 6.08. The van der Waals surface area contributed by atoms with Crippen LogP contribution in [0.4, 0.5) is 0 Å². The molecule has 0 aromatic heterocycles. The van der Waals surface area contributed by atoms with E-state index in [9.17, 15) is 0 Å². The monoisotopic (exact) mass is 352 g/mol. The van der Waals surface area contributed by atoms with Crippen LogP contribution < -0.4 is 10.1 Å². The molecule has 2 aliphatic rings. The Hall–Kier alpha value is -0.580. The van der Waals surface area contributed by atoms with E-state index in [1.807, 2.05) is 7.05 Å². The van der Waals surface area contributed by atoms with Gasteiger partial charge in [-0.15, -0.1) is 0 Å². The highest BCUT2D eigenvalue weighted by Crippen LogP contribution is 2.32. The molecule has 116 valence electrons. The lowest BCUT2D eigenvalue weighted by Crippen LogP contribution is -2.40. The molecule has 0 spiro atoms. The van der Waals surface area contributed by atoms with Crippen molar-refractivity contribution in [3.05, 3.63) is 28.2 Å². The van der Waals surface area contributed by atoms with Crippen LogP contribution >= 0.6 is 15.9 Å². The quantitative estimate of drug-likeness (QED) is 0.881. The number of benzene rings is 1. The molecule has 3 rings (SSSR count). The van der Waals surface area contributed by atoms with Crippen molar-refractivity contribution >= 4 is 15.9 Å². The van der Waals surface area contributed by atoms with Crippen LogP contribution in [-0.4, -0.2) is 44.2 Å². The van der Waals surface area contributed by atoms with Crippen LogP contribution in [0.25, 0.3) is 0 Å². The van der Waals surface area contributed by atoms with Crippen molar-refractivity contribution < 1.29 is 4.74 Å². The molecule has 4 heteroatoms. The Morgan fingerprint density at radius 2 is 2.14 bits per heavy atom. The van der Waals surface area contributed by atoms with E-state index in [0.29, 0.717) is 6.10 Å². The lowest BCUT2D eigenvalue weighted by Gasteiger charge is -2.33. The number of fused-ring (bicyclic) bond motifs is 1. The van der Waals surface area contributed by atoms with Crippen molar-refractivity contribution in [3.8, 4) is 5.75 Å². The summed E-state index contributed by atoms with van der Waals surface area (Å²) in [6, 6.07) is 6.34. The first-order valence-corrected chi connectivity index (χ1v) is 8.86. The fourth-order valence-electron chi connectivity index (χ4n) is 3.48. The second-order valence-corrected chi connectivity index (χ2v) is 7.25. The summed E-state index contributed by atoms with van der Waals surface area (Å²) in [5.41, 5.74) is 1.35. The third kappa shape index (κ3) is 3.99. The Morgan fingerprint density at radius 3 is 2.90 bits per heavy atom. The molecular weight excluding hydrogens is 328 g/mol. The van der Waals surface area contributed by atoms with Crippen molar-refractivity contribution in [2.75, 3.05) is 33.2 Å². The molecular formula is C17H25BrN2O. The van der Waals surface area contributed by atoms with Gasteiger partial charge < -0.3 is 10.1 Å². The largest absolute Gasteiger partial charge is 0.488 e. The van der Waals surface area contributed by atoms with Gasteiger partial charge in [0, 0.05) is 17.4 Å². The summed E-state index contributed by atoms with van der Waals surface area (Å²) in [4.78, 5) is 2.58. The molecule has 1 aromatic rings. The molecule has 1 aromatic carbocycles. The summed E-state index contributed by atoms with van der Waals surface area (Å²) in [6.45, 7) is 4.69. The van der Waals surface area contributed by atoms with Crippen molar-refractivity contribution in [1.82, 2.24) is 10.2 Å². The van der Waals surface area contributed by atoms with E-state index in [1.165, 1.54) is 37.9 Å². The zero-order chi connectivity index (χ0) is 14.7. The fourth-order valence-corrected chi connectivity index (χ4v) is 3.89. The van der Waals surface area contributed by atoms with E-state index < -0.39 is 0 Å². The van der Waals surface area contributed by atoms with Gasteiger partial charge in [0.2, 0.25) is 0 Å². The molecule has 2 heterocycles. The van der Waals surface area contributed by atoms with Crippen LogP contribution in [0.1, 0.15) is 24.8 Å². The molecule has 1 fully saturated rings. The number of hydrogen-bond donors (Lipinski definition) is 1. The first-order valence-electron chi connectivity index (χ1n) is 8.06. The Labute approximate surface area is 136 Å². The summed E-state index contributed by atoms with van der Waals surface area (Å²) in [6.07, 6.45) is 5.39. The van der Waals surface area contributed by atoms with Crippen LogP contribution in [0.2, 0.25) is 0 Å². The number of ether oxygens (including phenoxy) is 1. The van der Waals surface area contributed by atoms with Crippen LogP contribution in [0.3, 0.4) is 0 Å². The average Bonchev–Trinajstić information content (AvgIpc) is 2.88. The smallest absolute Gasteiger partial charge is 0.123 e. The number of likely N-dealkylation sites (tertiary alicyclic amines) is 1. The normalized spacial score (nSPS) is 23.0. The Balaban J connectivity index is 1.45. The average molecular weight is 353 g/mol. The maximum atomic E-state index is 6.08. The van der Waals surface area contributed by atoms with Gasteiger partial charge in [-0.3, -0.25) is 4.90 Å². The highest BCUT2D eigenvalue weighted by atomic mass is 79.9. The molecule has 1 unspecified atom stereocenters.